The SMILES string of the molecule is CCCC1=[C]([Zr][C]2=C(CCC)C=CC2)CC=C1.[H-].[H-]. The molecule has 1 heteroatoms. The molecule has 0 aromatic carbocycles. The van der Waals surface area contributed by atoms with E-state index in [0.29, 0.717) is 0 Å². The molecule has 0 atom stereocenters. The van der Waals surface area contributed by atoms with Gasteiger partial charge in [-0.3, -0.25) is 0 Å². The predicted molar refractivity (Wildman–Crippen MR) is 73.6 cm³/mol. The summed E-state index contributed by atoms with van der Waals surface area (Å²) in [4.78, 5) is 0. The molecule has 0 saturated heterocycles. The van der Waals surface area contributed by atoms with Gasteiger partial charge in [0.15, 0.2) is 0 Å². The van der Waals surface area contributed by atoms with Gasteiger partial charge in [0.2, 0.25) is 0 Å². The third kappa shape index (κ3) is 3.41. The first-order valence-electron chi connectivity index (χ1n) is 6.89. The van der Waals surface area contributed by atoms with Crippen molar-refractivity contribution in [2.75, 3.05) is 0 Å². The summed E-state index contributed by atoms with van der Waals surface area (Å²) < 4.78 is 3.70. The van der Waals surface area contributed by atoms with Crippen LogP contribution in [0.4, 0.5) is 0 Å². The van der Waals surface area contributed by atoms with Crippen LogP contribution in [-0.2, 0) is 23.2 Å². The average molecular weight is 308 g/mol. The molecule has 2 rings (SSSR count). The minimum Gasteiger partial charge on any atom is -1.00 e. The average Bonchev–Trinajstić information content (AvgIpc) is 2.92. The summed E-state index contributed by atoms with van der Waals surface area (Å²) in [5.41, 5.74) is 3.38. The van der Waals surface area contributed by atoms with Crippen molar-refractivity contribution in [1.29, 1.82) is 0 Å². The van der Waals surface area contributed by atoms with Gasteiger partial charge in [0.05, 0.1) is 0 Å². The van der Waals surface area contributed by atoms with E-state index in [1.165, 1.54) is 38.5 Å². The molecule has 0 N–H and O–H groups in total. The van der Waals surface area contributed by atoms with Crippen LogP contribution in [0, 0.1) is 0 Å². The van der Waals surface area contributed by atoms with Crippen LogP contribution in [0.2, 0.25) is 0 Å². The maximum atomic E-state index is 2.39. The quantitative estimate of drug-likeness (QED) is 0.623. The third-order valence-electron chi connectivity index (χ3n) is 3.40. The van der Waals surface area contributed by atoms with E-state index in [9.17, 15) is 0 Å². The second-order valence-electron chi connectivity index (χ2n) is 4.85. The zero-order valence-corrected chi connectivity index (χ0v) is 13.5. The summed E-state index contributed by atoms with van der Waals surface area (Å²) in [6.45, 7) is 4.58. The van der Waals surface area contributed by atoms with Crippen molar-refractivity contribution in [2.24, 2.45) is 0 Å². The Morgan fingerprint density at radius 1 is 0.941 bits per heavy atom. The molecule has 94 valence electrons. The van der Waals surface area contributed by atoms with Crippen LogP contribution >= 0.6 is 0 Å². The molecule has 0 aliphatic heterocycles. The van der Waals surface area contributed by atoms with Gasteiger partial charge in [-0.2, -0.15) is 0 Å². The second-order valence-corrected chi connectivity index (χ2v) is 8.43. The molecule has 0 amide bonds. The maximum Gasteiger partial charge on any atom is -1.00 e. The van der Waals surface area contributed by atoms with E-state index < -0.39 is 23.2 Å². The molecule has 0 bridgehead atoms. The molecular formula is C16H24Zr-2. The summed E-state index contributed by atoms with van der Waals surface area (Å²) in [7, 11) is 0. The van der Waals surface area contributed by atoms with Gasteiger partial charge in [-0.15, -0.1) is 0 Å². The van der Waals surface area contributed by atoms with Gasteiger partial charge < -0.3 is 2.85 Å². The molecule has 0 aromatic rings. The molecular weight excluding hydrogens is 283 g/mol. The Kier molecular flexibility index (Phi) is 5.23. The molecule has 2 aliphatic carbocycles. The van der Waals surface area contributed by atoms with Crippen LogP contribution in [0.15, 0.2) is 42.0 Å². The number of hydrogen-bond acceptors (Lipinski definition) is 0. The summed E-state index contributed by atoms with van der Waals surface area (Å²) in [5, 5.41) is 0. The molecule has 17 heavy (non-hydrogen) atoms. The molecule has 0 spiro atoms. The van der Waals surface area contributed by atoms with Crippen molar-refractivity contribution < 1.29 is 26.1 Å². The van der Waals surface area contributed by atoms with Crippen LogP contribution in [-0.4, -0.2) is 0 Å². The molecule has 0 radical (unpaired) electrons. The van der Waals surface area contributed by atoms with Gasteiger partial charge in [0.25, 0.3) is 0 Å². The van der Waals surface area contributed by atoms with E-state index in [1.807, 2.05) is 6.56 Å². The van der Waals surface area contributed by atoms with Crippen molar-refractivity contribution in [3.8, 4) is 0 Å². The van der Waals surface area contributed by atoms with Crippen molar-refractivity contribution in [1.82, 2.24) is 0 Å². The Morgan fingerprint density at radius 2 is 1.41 bits per heavy atom. The van der Waals surface area contributed by atoms with Crippen molar-refractivity contribution in [3.63, 3.8) is 0 Å². The van der Waals surface area contributed by atoms with Gasteiger partial charge >= 0.3 is 118 Å². The number of hydrogen-bond donors (Lipinski definition) is 0. The maximum absolute atomic E-state index is 2.39. The first kappa shape index (κ1) is 13.3. The van der Waals surface area contributed by atoms with E-state index >= 15 is 0 Å². The number of allylic oxidation sites excluding steroid dienone is 8. The Hall–Kier alpha value is -0.157. The zero-order valence-electron chi connectivity index (χ0n) is 13.1. The van der Waals surface area contributed by atoms with Crippen molar-refractivity contribution >= 4 is 0 Å². The van der Waals surface area contributed by atoms with E-state index in [0.717, 1.165) is 0 Å². The van der Waals surface area contributed by atoms with E-state index in [2.05, 4.69) is 38.2 Å². The molecule has 0 nitrogen and oxygen atoms in total. The topological polar surface area (TPSA) is 0 Å². The summed E-state index contributed by atoms with van der Waals surface area (Å²) in [6.07, 6.45) is 17.3. The van der Waals surface area contributed by atoms with Crippen LogP contribution in [0.25, 0.3) is 0 Å². The van der Waals surface area contributed by atoms with E-state index in [4.69, 9.17) is 0 Å². The molecule has 0 heterocycles. The van der Waals surface area contributed by atoms with Gasteiger partial charge in [0, 0.05) is 0 Å². The van der Waals surface area contributed by atoms with Gasteiger partial charge in [-0.1, -0.05) is 0 Å². The van der Waals surface area contributed by atoms with Crippen LogP contribution in [0.1, 0.15) is 55.2 Å². The van der Waals surface area contributed by atoms with Gasteiger partial charge in [-0.25, -0.2) is 0 Å². The summed E-state index contributed by atoms with van der Waals surface area (Å²) in [6, 6.07) is 0. The number of rotatable bonds is 6. The standard InChI is InChI=1S/2C8H11.Zr.2H/c2*1-2-5-8-6-3-4-7-8;;;/h2*3,6H,2,4-5H2,1H3;;;/q;;;2*-1. The van der Waals surface area contributed by atoms with Crippen molar-refractivity contribution in [3.05, 3.63) is 42.0 Å². The fourth-order valence-corrected chi connectivity index (χ4v) is 6.34. The van der Waals surface area contributed by atoms with E-state index in [-0.39, 0.29) is 2.85 Å². The Bertz CT molecular complexity index is 365. The molecule has 2 aliphatic rings. The molecule has 0 aromatic heterocycles. The molecule has 0 fully saturated rings. The first-order valence-corrected chi connectivity index (χ1v) is 9.35. The zero-order chi connectivity index (χ0) is 12.1. The third-order valence-corrected chi connectivity index (χ3v) is 7.46. The van der Waals surface area contributed by atoms with Crippen LogP contribution in [0.5, 0.6) is 0 Å². The van der Waals surface area contributed by atoms with Gasteiger partial charge in [0.1, 0.15) is 0 Å². The van der Waals surface area contributed by atoms with Crippen LogP contribution in [0.3, 0.4) is 0 Å². The molecule has 0 saturated carbocycles. The summed E-state index contributed by atoms with van der Waals surface area (Å²) in [5.74, 6) is 0. The minimum atomic E-state index is -0.443. The first-order chi connectivity index (χ1) is 8.35. The van der Waals surface area contributed by atoms with E-state index in [1.54, 1.807) is 11.1 Å². The Labute approximate surface area is 120 Å². The van der Waals surface area contributed by atoms with Crippen molar-refractivity contribution in [2.45, 2.75) is 52.4 Å². The second kappa shape index (κ2) is 6.69. The van der Waals surface area contributed by atoms with Crippen LogP contribution < -0.4 is 0 Å². The smallest absolute Gasteiger partial charge is 1.00 e. The fraction of sp³-hybridized carbons (Fsp3) is 0.500. The Morgan fingerprint density at radius 3 is 1.82 bits per heavy atom. The Balaban J connectivity index is 0.00000162. The minimum absolute atomic E-state index is 0. The largest absolute Gasteiger partial charge is 1.00 e. The normalized spacial score (nSPS) is 18.7. The molecule has 0 unspecified atom stereocenters. The fourth-order valence-electron chi connectivity index (χ4n) is 2.55. The predicted octanol–water partition coefficient (Wildman–Crippen LogP) is 5.32. The monoisotopic (exact) mass is 306 g/mol. The van der Waals surface area contributed by atoms with Gasteiger partial charge in [-0.05, 0) is 0 Å². The summed E-state index contributed by atoms with van der Waals surface area (Å²) >= 11 is -0.443.